The Morgan fingerprint density at radius 1 is 0.850 bits per heavy atom. The van der Waals surface area contributed by atoms with E-state index in [2.05, 4.69) is 47.4 Å². The molecule has 3 aromatic carbocycles. The fourth-order valence-corrected chi connectivity index (χ4v) is 5.72. The summed E-state index contributed by atoms with van der Waals surface area (Å²) < 4.78 is 21.9. The van der Waals surface area contributed by atoms with Gasteiger partial charge in [-0.3, -0.25) is 9.69 Å². The van der Waals surface area contributed by atoms with Crippen molar-refractivity contribution in [3.05, 3.63) is 88.6 Å². The normalized spacial score (nSPS) is 15.7. The number of hydrogen-bond acceptors (Lipinski definition) is 6. The smallest absolute Gasteiger partial charge is 0.230 e. The highest BCUT2D eigenvalue weighted by atomic mass is 16.5. The van der Waals surface area contributed by atoms with Crippen LogP contribution in [0.25, 0.3) is 6.08 Å². The van der Waals surface area contributed by atoms with Crippen LogP contribution in [0.1, 0.15) is 40.2 Å². The van der Waals surface area contributed by atoms with Gasteiger partial charge in [0.15, 0.2) is 23.0 Å². The molecule has 1 amide bonds. The summed E-state index contributed by atoms with van der Waals surface area (Å²) in [6.07, 6.45) is 6.14. The molecule has 3 aromatic rings. The van der Waals surface area contributed by atoms with Gasteiger partial charge in [-0.15, -0.1) is 0 Å². The molecule has 1 aliphatic heterocycles. The number of carbonyl (C=O) groups is 1. The predicted molar refractivity (Wildman–Crippen MR) is 156 cm³/mol. The van der Waals surface area contributed by atoms with Gasteiger partial charge in [0.05, 0.1) is 34.9 Å². The second-order valence-electron chi connectivity index (χ2n) is 10.4. The predicted octanol–water partition coefficient (Wildman–Crippen LogP) is 5.31. The molecule has 0 fully saturated rings. The Morgan fingerprint density at radius 3 is 2.20 bits per heavy atom. The maximum absolute atomic E-state index is 13.1. The van der Waals surface area contributed by atoms with Gasteiger partial charge >= 0.3 is 0 Å². The summed E-state index contributed by atoms with van der Waals surface area (Å²) in [6, 6.07) is 18.7. The van der Waals surface area contributed by atoms with E-state index in [-0.39, 0.29) is 5.91 Å². The molecule has 0 saturated heterocycles. The molecule has 210 valence electrons. The number of hydrogen-bond donors (Lipinski definition) is 0. The summed E-state index contributed by atoms with van der Waals surface area (Å²) >= 11 is 0. The van der Waals surface area contributed by atoms with Crippen molar-refractivity contribution >= 4 is 12.0 Å². The van der Waals surface area contributed by atoms with Gasteiger partial charge in [0.1, 0.15) is 0 Å². The Bertz CT molecular complexity index is 1370. The third-order valence-corrected chi connectivity index (χ3v) is 7.89. The van der Waals surface area contributed by atoms with E-state index in [4.69, 9.17) is 18.9 Å². The van der Waals surface area contributed by atoms with Crippen LogP contribution in [0.15, 0.2) is 60.8 Å². The van der Waals surface area contributed by atoms with Crippen molar-refractivity contribution in [2.75, 3.05) is 48.1 Å². The number of fused-ring (bicyclic) bond motifs is 2. The molecule has 40 heavy (non-hydrogen) atoms. The average Bonchev–Trinajstić information content (AvgIpc) is 3.12. The third kappa shape index (κ3) is 5.94. The van der Waals surface area contributed by atoms with E-state index in [1.54, 1.807) is 28.4 Å². The summed E-state index contributed by atoms with van der Waals surface area (Å²) in [4.78, 5) is 17.5. The molecular weight excluding hydrogens is 504 g/mol. The molecule has 0 spiro atoms. The molecule has 1 aliphatic carbocycles. The van der Waals surface area contributed by atoms with Gasteiger partial charge in [-0.25, -0.2) is 0 Å². The molecule has 0 N–H and O–H groups in total. The van der Waals surface area contributed by atoms with Crippen molar-refractivity contribution in [3.63, 3.8) is 0 Å². The van der Waals surface area contributed by atoms with Crippen LogP contribution in [-0.4, -0.2) is 63.8 Å². The van der Waals surface area contributed by atoms with Crippen LogP contribution in [0.3, 0.4) is 0 Å². The van der Waals surface area contributed by atoms with E-state index < -0.39 is 0 Å². The lowest BCUT2D eigenvalue weighted by atomic mass is 9.77. The Labute approximate surface area is 236 Å². The van der Waals surface area contributed by atoms with Crippen molar-refractivity contribution in [2.24, 2.45) is 0 Å². The quantitative estimate of drug-likeness (QED) is 0.309. The molecule has 0 bridgehead atoms. The SMILES string of the molecule is COc1cc2c(cc1OC)CC(=O)N(CCCN(Cc1ccccc1)C[C@@H]1Cc3cc(OC)c(OC)cc31)C=C2. The second-order valence-corrected chi connectivity index (χ2v) is 10.4. The summed E-state index contributed by atoms with van der Waals surface area (Å²) in [5.41, 5.74) is 5.89. The van der Waals surface area contributed by atoms with Crippen LogP contribution in [0.5, 0.6) is 23.0 Å². The van der Waals surface area contributed by atoms with Gasteiger partial charge in [0, 0.05) is 38.3 Å². The van der Waals surface area contributed by atoms with E-state index in [1.165, 1.54) is 16.7 Å². The largest absolute Gasteiger partial charge is 0.493 e. The molecule has 0 aromatic heterocycles. The van der Waals surface area contributed by atoms with Crippen molar-refractivity contribution in [1.29, 1.82) is 0 Å². The molecule has 1 atom stereocenters. The second kappa shape index (κ2) is 12.5. The van der Waals surface area contributed by atoms with Gasteiger partial charge < -0.3 is 23.8 Å². The van der Waals surface area contributed by atoms with Crippen LogP contribution in [0.4, 0.5) is 0 Å². The first kappa shape index (κ1) is 27.6. The van der Waals surface area contributed by atoms with Gasteiger partial charge in [0.2, 0.25) is 5.91 Å². The Balaban J connectivity index is 1.25. The van der Waals surface area contributed by atoms with Crippen LogP contribution in [0, 0.1) is 0 Å². The van der Waals surface area contributed by atoms with Crippen molar-refractivity contribution in [1.82, 2.24) is 9.80 Å². The molecule has 7 heteroatoms. The molecule has 7 nitrogen and oxygen atoms in total. The Morgan fingerprint density at radius 2 is 1.50 bits per heavy atom. The highest BCUT2D eigenvalue weighted by Gasteiger charge is 2.30. The van der Waals surface area contributed by atoms with E-state index in [0.717, 1.165) is 55.1 Å². The number of ether oxygens (including phenoxy) is 4. The number of amides is 1. The minimum absolute atomic E-state index is 0.0887. The molecule has 0 saturated carbocycles. The summed E-state index contributed by atoms with van der Waals surface area (Å²) in [5, 5.41) is 0. The van der Waals surface area contributed by atoms with Crippen LogP contribution >= 0.6 is 0 Å². The van der Waals surface area contributed by atoms with Crippen LogP contribution in [0.2, 0.25) is 0 Å². The highest BCUT2D eigenvalue weighted by Crippen LogP contribution is 2.43. The standard InChI is InChI=1S/C33H38N2O5/c1-37-29-16-24-11-14-35(33(36)19-25(24)17-30(29)38-2)13-8-12-34(21-23-9-6-5-7-10-23)22-27-15-26-18-31(39-3)32(40-4)20-28(26)27/h5-7,9-11,14,16-18,20,27H,8,12-13,15,19,21-22H2,1-4H3/t27-/m0/s1. The summed E-state index contributed by atoms with van der Waals surface area (Å²) in [7, 11) is 6.60. The Kier molecular flexibility index (Phi) is 8.60. The number of benzene rings is 3. The molecule has 1 heterocycles. The van der Waals surface area contributed by atoms with E-state index in [0.29, 0.717) is 30.4 Å². The van der Waals surface area contributed by atoms with Crippen LogP contribution < -0.4 is 18.9 Å². The lowest BCUT2D eigenvalue weighted by Gasteiger charge is -2.36. The monoisotopic (exact) mass is 542 g/mol. The van der Waals surface area contributed by atoms with Crippen molar-refractivity contribution < 1.29 is 23.7 Å². The van der Waals surface area contributed by atoms with E-state index in [9.17, 15) is 4.79 Å². The van der Waals surface area contributed by atoms with Crippen molar-refractivity contribution in [2.45, 2.75) is 31.7 Å². The van der Waals surface area contributed by atoms with Crippen molar-refractivity contribution in [3.8, 4) is 23.0 Å². The van der Waals surface area contributed by atoms with Gasteiger partial charge in [-0.05, 0) is 71.0 Å². The number of nitrogens with zero attached hydrogens (tertiary/aromatic N) is 2. The molecule has 0 radical (unpaired) electrons. The topological polar surface area (TPSA) is 60.5 Å². The fourth-order valence-electron chi connectivity index (χ4n) is 5.72. The first-order chi connectivity index (χ1) is 19.5. The first-order valence-corrected chi connectivity index (χ1v) is 13.8. The first-order valence-electron chi connectivity index (χ1n) is 13.8. The number of methoxy groups -OCH3 is 4. The average molecular weight is 543 g/mol. The minimum Gasteiger partial charge on any atom is -0.493 e. The fraction of sp³-hybridized carbons (Fsp3) is 0.364. The zero-order chi connectivity index (χ0) is 28.1. The molecule has 2 aliphatic rings. The Hall–Kier alpha value is -3.97. The maximum Gasteiger partial charge on any atom is 0.230 e. The van der Waals surface area contributed by atoms with E-state index in [1.807, 2.05) is 29.3 Å². The zero-order valence-corrected chi connectivity index (χ0v) is 23.8. The van der Waals surface area contributed by atoms with Gasteiger partial charge in [-0.1, -0.05) is 30.3 Å². The zero-order valence-electron chi connectivity index (χ0n) is 23.8. The van der Waals surface area contributed by atoms with Gasteiger partial charge in [0.25, 0.3) is 0 Å². The van der Waals surface area contributed by atoms with Gasteiger partial charge in [-0.2, -0.15) is 0 Å². The summed E-state index contributed by atoms with van der Waals surface area (Å²) in [6.45, 7) is 3.37. The highest BCUT2D eigenvalue weighted by molar-refractivity contribution is 5.84. The number of rotatable bonds is 12. The third-order valence-electron chi connectivity index (χ3n) is 7.89. The number of carbonyl (C=O) groups excluding carboxylic acids is 1. The van der Waals surface area contributed by atoms with Crippen LogP contribution in [-0.2, 0) is 24.2 Å². The molecule has 0 unspecified atom stereocenters. The lowest BCUT2D eigenvalue weighted by molar-refractivity contribution is -0.127. The van der Waals surface area contributed by atoms with E-state index >= 15 is 0 Å². The summed E-state index contributed by atoms with van der Waals surface area (Å²) in [5.74, 6) is 3.40. The maximum atomic E-state index is 13.1. The molecule has 5 rings (SSSR count). The lowest BCUT2D eigenvalue weighted by Crippen LogP contribution is -2.36. The molecular formula is C33H38N2O5. The minimum atomic E-state index is 0.0887.